The molecule has 0 radical (unpaired) electrons. The summed E-state index contributed by atoms with van der Waals surface area (Å²) in [6.45, 7) is 5.41. The number of ether oxygens (including phenoxy) is 1. The molecule has 0 aromatic rings. The van der Waals surface area contributed by atoms with Crippen LogP contribution in [0.3, 0.4) is 0 Å². The molecule has 1 atom stereocenters. The highest BCUT2D eigenvalue weighted by Crippen LogP contribution is 2.02. The summed E-state index contributed by atoms with van der Waals surface area (Å²) in [6.07, 6.45) is -0.0149. The highest BCUT2D eigenvalue weighted by molar-refractivity contribution is 5.81. The Labute approximate surface area is 112 Å². The van der Waals surface area contributed by atoms with Gasteiger partial charge in [-0.05, 0) is 19.8 Å². The van der Waals surface area contributed by atoms with Crippen molar-refractivity contribution in [3.05, 3.63) is 0 Å². The fraction of sp³-hybridized carbons (Fsp3) is 0.750. The maximum Gasteiger partial charge on any atom is 0.325 e. The van der Waals surface area contributed by atoms with E-state index < -0.39 is 18.0 Å². The van der Waals surface area contributed by atoms with E-state index in [1.54, 1.807) is 20.8 Å². The molecule has 0 aromatic carbocycles. The number of rotatable bonds is 7. The van der Waals surface area contributed by atoms with Gasteiger partial charge >= 0.3 is 18.0 Å². The smallest absolute Gasteiger partial charge is 0.325 e. The lowest BCUT2D eigenvalue weighted by Crippen LogP contribution is -2.47. The molecule has 1 unspecified atom stereocenters. The van der Waals surface area contributed by atoms with E-state index >= 15 is 0 Å². The monoisotopic (exact) mass is 274 g/mol. The number of aliphatic carboxylic acids is 1. The fourth-order valence-electron chi connectivity index (χ4n) is 1.43. The molecule has 0 saturated heterocycles. The third kappa shape index (κ3) is 7.28. The van der Waals surface area contributed by atoms with Crippen LogP contribution in [0.2, 0.25) is 0 Å². The van der Waals surface area contributed by atoms with Crippen molar-refractivity contribution in [1.82, 2.24) is 10.2 Å². The van der Waals surface area contributed by atoms with Crippen molar-refractivity contribution in [1.29, 1.82) is 0 Å². The van der Waals surface area contributed by atoms with Gasteiger partial charge < -0.3 is 20.1 Å². The van der Waals surface area contributed by atoms with Crippen LogP contribution in [-0.4, -0.2) is 54.2 Å². The van der Waals surface area contributed by atoms with Gasteiger partial charge in [-0.15, -0.1) is 0 Å². The maximum atomic E-state index is 11.9. The molecule has 0 saturated carbocycles. The second-order valence-corrected chi connectivity index (χ2v) is 4.69. The Morgan fingerprint density at radius 2 is 1.84 bits per heavy atom. The first-order valence-electron chi connectivity index (χ1n) is 6.11. The molecule has 2 amide bonds. The summed E-state index contributed by atoms with van der Waals surface area (Å²) >= 11 is 0. The molecule has 7 heteroatoms. The Balaban J connectivity index is 4.33. The molecule has 0 aromatic heterocycles. The van der Waals surface area contributed by atoms with E-state index in [0.717, 1.165) is 0 Å². The first-order chi connectivity index (χ1) is 8.77. The summed E-state index contributed by atoms with van der Waals surface area (Å²) in [6, 6.07) is -0.563. The Morgan fingerprint density at radius 1 is 1.26 bits per heavy atom. The molecule has 0 heterocycles. The van der Waals surface area contributed by atoms with E-state index in [0.29, 0.717) is 0 Å². The number of carbonyl (C=O) groups excluding carboxylic acids is 2. The number of nitrogens with zero attached hydrogens (tertiary/aromatic N) is 1. The number of methoxy groups -OCH3 is 1. The molecule has 0 rings (SSSR count). The zero-order valence-corrected chi connectivity index (χ0v) is 11.8. The van der Waals surface area contributed by atoms with Gasteiger partial charge in [0.05, 0.1) is 7.11 Å². The van der Waals surface area contributed by atoms with Crippen LogP contribution in [0.15, 0.2) is 0 Å². The summed E-state index contributed by atoms with van der Waals surface area (Å²) in [5, 5.41) is 11.2. The summed E-state index contributed by atoms with van der Waals surface area (Å²) in [5.74, 6) is -1.58. The minimum Gasteiger partial charge on any atom is -0.481 e. The predicted molar refractivity (Wildman–Crippen MR) is 68.7 cm³/mol. The van der Waals surface area contributed by atoms with Crippen LogP contribution < -0.4 is 5.32 Å². The summed E-state index contributed by atoms with van der Waals surface area (Å²) in [4.78, 5) is 34.9. The second-order valence-electron chi connectivity index (χ2n) is 4.69. The van der Waals surface area contributed by atoms with Gasteiger partial charge in [-0.1, -0.05) is 6.92 Å². The lowest BCUT2D eigenvalue weighted by Gasteiger charge is -2.26. The average Bonchev–Trinajstić information content (AvgIpc) is 2.31. The van der Waals surface area contributed by atoms with Crippen molar-refractivity contribution < 1.29 is 24.2 Å². The zero-order chi connectivity index (χ0) is 15.0. The van der Waals surface area contributed by atoms with Crippen LogP contribution in [-0.2, 0) is 14.3 Å². The van der Waals surface area contributed by atoms with Crippen molar-refractivity contribution >= 4 is 18.0 Å². The number of hydrogen-bond acceptors (Lipinski definition) is 4. The van der Waals surface area contributed by atoms with Gasteiger partial charge in [-0.2, -0.15) is 0 Å². The van der Waals surface area contributed by atoms with Gasteiger partial charge in [-0.25, -0.2) is 4.79 Å². The Morgan fingerprint density at radius 3 is 2.26 bits per heavy atom. The second kappa shape index (κ2) is 8.34. The Hall–Kier alpha value is -1.79. The minimum atomic E-state index is -0.906. The van der Waals surface area contributed by atoms with Crippen molar-refractivity contribution in [2.45, 2.75) is 33.2 Å². The lowest BCUT2D eigenvalue weighted by molar-refractivity contribution is -0.141. The van der Waals surface area contributed by atoms with Crippen LogP contribution in [0, 0.1) is 5.92 Å². The maximum absolute atomic E-state index is 11.9. The molecule has 0 aliphatic heterocycles. The summed E-state index contributed by atoms with van der Waals surface area (Å²) in [5.41, 5.74) is 0. The molecule has 110 valence electrons. The number of amides is 2. The fourth-order valence-corrected chi connectivity index (χ4v) is 1.43. The minimum absolute atomic E-state index is 0.0149. The molecular formula is C12H22N2O5. The van der Waals surface area contributed by atoms with Crippen molar-refractivity contribution in [3.8, 4) is 0 Å². The number of carboxylic acid groups (broad SMARTS) is 1. The third-order valence-electron chi connectivity index (χ3n) is 2.54. The Bertz CT molecular complexity index is 330. The quantitative estimate of drug-likeness (QED) is 0.666. The van der Waals surface area contributed by atoms with E-state index in [1.165, 1.54) is 12.0 Å². The van der Waals surface area contributed by atoms with E-state index in [9.17, 15) is 14.4 Å². The van der Waals surface area contributed by atoms with Crippen LogP contribution in [0.1, 0.15) is 27.2 Å². The first kappa shape index (κ1) is 17.2. The van der Waals surface area contributed by atoms with Crippen LogP contribution in [0.25, 0.3) is 0 Å². The highest BCUT2D eigenvalue weighted by Gasteiger charge is 2.21. The van der Waals surface area contributed by atoms with Gasteiger partial charge in [0, 0.05) is 19.0 Å². The van der Waals surface area contributed by atoms with Gasteiger partial charge in [-0.3, -0.25) is 9.59 Å². The number of carbonyl (C=O) groups is 3. The average molecular weight is 274 g/mol. The SMILES string of the molecule is COC(=O)CN(C(=O)NCC(C)CC(=O)O)C(C)C. The van der Waals surface area contributed by atoms with Gasteiger partial charge in [0.2, 0.25) is 0 Å². The van der Waals surface area contributed by atoms with Crippen molar-refractivity contribution in [2.75, 3.05) is 20.2 Å². The number of esters is 1. The molecule has 0 bridgehead atoms. The lowest BCUT2D eigenvalue weighted by atomic mass is 10.1. The molecular weight excluding hydrogens is 252 g/mol. The number of hydrogen-bond donors (Lipinski definition) is 2. The number of carboxylic acids is 1. The normalized spacial score (nSPS) is 11.8. The van der Waals surface area contributed by atoms with E-state index in [4.69, 9.17) is 5.11 Å². The largest absolute Gasteiger partial charge is 0.481 e. The molecule has 7 nitrogen and oxygen atoms in total. The predicted octanol–water partition coefficient (Wildman–Crippen LogP) is 0.690. The summed E-state index contributed by atoms with van der Waals surface area (Å²) in [7, 11) is 1.26. The van der Waals surface area contributed by atoms with Gasteiger partial charge in [0.1, 0.15) is 6.54 Å². The zero-order valence-electron chi connectivity index (χ0n) is 11.8. The molecule has 0 aliphatic rings. The van der Waals surface area contributed by atoms with Gasteiger partial charge in [0.15, 0.2) is 0 Å². The van der Waals surface area contributed by atoms with E-state index in [1.807, 2.05) is 0 Å². The molecule has 0 aliphatic carbocycles. The van der Waals surface area contributed by atoms with Crippen LogP contribution in [0.4, 0.5) is 4.79 Å². The van der Waals surface area contributed by atoms with E-state index in [2.05, 4.69) is 10.1 Å². The molecule has 0 spiro atoms. The third-order valence-corrected chi connectivity index (χ3v) is 2.54. The summed E-state index contributed by atoms with van der Waals surface area (Å²) < 4.78 is 4.52. The standard InChI is InChI=1S/C12H22N2O5/c1-8(2)14(7-11(17)19-4)12(18)13-6-9(3)5-10(15)16/h8-9H,5-7H2,1-4H3,(H,13,18)(H,15,16). The molecule has 19 heavy (non-hydrogen) atoms. The van der Waals surface area contributed by atoms with Gasteiger partial charge in [0.25, 0.3) is 0 Å². The highest BCUT2D eigenvalue weighted by atomic mass is 16.5. The van der Waals surface area contributed by atoms with E-state index in [-0.39, 0.29) is 31.5 Å². The van der Waals surface area contributed by atoms with Crippen LogP contribution >= 0.6 is 0 Å². The number of nitrogens with one attached hydrogen (secondary N) is 1. The molecule has 2 N–H and O–H groups in total. The van der Waals surface area contributed by atoms with Crippen molar-refractivity contribution in [3.63, 3.8) is 0 Å². The molecule has 0 fully saturated rings. The Kier molecular flexibility index (Phi) is 7.55. The number of urea groups is 1. The van der Waals surface area contributed by atoms with Crippen LogP contribution in [0.5, 0.6) is 0 Å². The first-order valence-corrected chi connectivity index (χ1v) is 6.11. The van der Waals surface area contributed by atoms with Crippen molar-refractivity contribution in [2.24, 2.45) is 5.92 Å². The topological polar surface area (TPSA) is 95.9 Å².